The summed E-state index contributed by atoms with van der Waals surface area (Å²) in [6, 6.07) is 7.27. The topological polar surface area (TPSA) is 76.5 Å². The van der Waals surface area contributed by atoms with E-state index in [-0.39, 0.29) is 11.8 Å². The highest BCUT2D eigenvalue weighted by Crippen LogP contribution is 2.26. The number of hydrogen-bond donors (Lipinski definition) is 1. The summed E-state index contributed by atoms with van der Waals surface area (Å²) < 4.78 is 7.27. The number of anilines is 1. The Kier molecular flexibility index (Phi) is 5.32. The van der Waals surface area contributed by atoms with Crippen LogP contribution < -0.4 is 10.1 Å². The maximum atomic E-state index is 13.1. The summed E-state index contributed by atoms with van der Waals surface area (Å²) in [5.41, 5.74) is 1.81. The van der Waals surface area contributed by atoms with Gasteiger partial charge in [0, 0.05) is 19.6 Å². The van der Waals surface area contributed by atoms with Crippen molar-refractivity contribution in [2.75, 3.05) is 25.5 Å². The van der Waals surface area contributed by atoms with Crippen molar-refractivity contribution < 1.29 is 14.3 Å². The van der Waals surface area contributed by atoms with E-state index in [4.69, 9.17) is 4.74 Å². The smallest absolute Gasteiger partial charge is 0.289 e. The van der Waals surface area contributed by atoms with Crippen molar-refractivity contribution in [3.63, 3.8) is 0 Å². The van der Waals surface area contributed by atoms with E-state index in [9.17, 15) is 9.59 Å². The third-order valence-corrected chi connectivity index (χ3v) is 5.52. The maximum Gasteiger partial charge on any atom is 0.289 e. The number of aromatic nitrogens is 2. The second-order valence-electron chi connectivity index (χ2n) is 7.35. The fraction of sp³-hybridized carbons (Fsp3) is 0.476. The summed E-state index contributed by atoms with van der Waals surface area (Å²) in [5, 5.41) is 2.89. The summed E-state index contributed by atoms with van der Waals surface area (Å²) in [4.78, 5) is 32.5. The number of piperidine rings is 1. The van der Waals surface area contributed by atoms with Gasteiger partial charge >= 0.3 is 0 Å². The minimum Gasteiger partial charge on any atom is -0.495 e. The average molecular weight is 382 g/mol. The summed E-state index contributed by atoms with van der Waals surface area (Å²) in [7, 11) is 1.57. The molecule has 0 saturated carbocycles. The first-order valence-corrected chi connectivity index (χ1v) is 10.0. The fourth-order valence-electron chi connectivity index (χ4n) is 4.06. The number of rotatable bonds is 4. The highest BCUT2D eigenvalue weighted by atomic mass is 16.5. The lowest BCUT2D eigenvalue weighted by Crippen LogP contribution is -2.37. The fourth-order valence-corrected chi connectivity index (χ4v) is 4.06. The summed E-state index contributed by atoms with van der Waals surface area (Å²) in [6.07, 6.45) is 5.97. The van der Waals surface area contributed by atoms with Crippen LogP contribution in [0.5, 0.6) is 5.75 Å². The van der Waals surface area contributed by atoms with Crippen LogP contribution >= 0.6 is 0 Å². The number of ether oxygens (including phenoxy) is 1. The van der Waals surface area contributed by atoms with E-state index >= 15 is 0 Å². The monoisotopic (exact) mass is 382 g/mol. The highest BCUT2D eigenvalue weighted by molar-refractivity contribution is 6.05. The molecule has 2 aromatic rings. The number of carbonyl (C=O) groups is 2. The molecule has 0 spiro atoms. The average Bonchev–Trinajstić information content (AvgIpc) is 3.14. The Bertz CT molecular complexity index is 884. The molecule has 3 heterocycles. The Labute approximate surface area is 164 Å². The normalized spacial score (nSPS) is 16.4. The molecule has 1 fully saturated rings. The van der Waals surface area contributed by atoms with Crippen molar-refractivity contribution >= 4 is 17.5 Å². The molecule has 1 aromatic carbocycles. The van der Waals surface area contributed by atoms with E-state index in [1.807, 2.05) is 21.6 Å². The number of carbonyl (C=O) groups excluding carboxylic acids is 2. The molecule has 2 amide bonds. The van der Waals surface area contributed by atoms with Crippen LogP contribution in [0.2, 0.25) is 0 Å². The zero-order valence-corrected chi connectivity index (χ0v) is 16.2. The number of nitrogens with one attached hydrogen (secondary N) is 1. The minimum atomic E-state index is -0.298. The standard InChI is InChI=1S/C21H26N4O3/c1-28-17-11-4-3-9-15(17)22-20(26)18-16-10-5-8-14-25(16)19(23-18)21(27)24-12-6-2-7-13-24/h3-4,9,11H,2,5-8,10,12-14H2,1H3,(H,22,26). The molecule has 7 heteroatoms. The van der Waals surface area contributed by atoms with E-state index in [0.29, 0.717) is 23.0 Å². The SMILES string of the molecule is COc1ccccc1NC(=O)c1nc(C(=O)N2CCCCC2)n2c1CCCC2. The lowest BCUT2D eigenvalue weighted by Gasteiger charge is -2.27. The first-order chi connectivity index (χ1) is 13.7. The van der Waals surface area contributed by atoms with Gasteiger partial charge in [0.2, 0.25) is 0 Å². The van der Waals surface area contributed by atoms with Crippen molar-refractivity contribution in [2.24, 2.45) is 0 Å². The van der Waals surface area contributed by atoms with Gasteiger partial charge in [-0.3, -0.25) is 9.59 Å². The van der Waals surface area contributed by atoms with Crippen LogP contribution in [0, 0.1) is 0 Å². The second-order valence-corrected chi connectivity index (χ2v) is 7.35. The molecular weight excluding hydrogens is 356 g/mol. The van der Waals surface area contributed by atoms with E-state index in [1.165, 1.54) is 0 Å². The van der Waals surface area contributed by atoms with Crippen LogP contribution in [0.1, 0.15) is 58.9 Å². The van der Waals surface area contributed by atoms with Crippen LogP contribution in [0.4, 0.5) is 5.69 Å². The predicted octanol–water partition coefficient (Wildman–Crippen LogP) is 3.11. The van der Waals surface area contributed by atoms with Gasteiger partial charge < -0.3 is 19.5 Å². The van der Waals surface area contributed by atoms with Gasteiger partial charge in [-0.15, -0.1) is 0 Å². The molecule has 0 bridgehead atoms. The molecule has 0 aliphatic carbocycles. The van der Waals surface area contributed by atoms with Gasteiger partial charge in [-0.2, -0.15) is 0 Å². The van der Waals surface area contributed by atoms with Gasteiger partial charge in [0.15, 0.2) is 11.5 Å². The lowest BCUT2D eigenvalue weighted by atomic mass is 10.1. The van der Waals surface area contributed by atoms with Crippen LogP contribution in [0.25, 0.3) is 0 Å². The molecule has 2 aliphatic heterocycles. The van der Waals surface area contributed by atoms with E-state index in [2.05, 4.69) is 10.3 Å². The summed E-state index contributed by atoms with van der Waals surface area (Å²) in [5.74, 6) is 0.641. The molecule has 1 aromatic heterocycles. The van der Waals surface area contributed by atoms with Crippen molar-refractivity contribution in [1.29, 1.82) is 0 Å². The zero-order valence-electron chi connectivity index (χ0n) is 16.2. The largest absolute Gasteiger partial charge is 0.495 e. The number of benzene rings is 1. The third-order valence-electron chi connectivity index (χ3n) is 5.52. The Morgan fingerprint density at radius 1 is 1.04 bits per heavy atom. The van der Waals surface area contributed by atoms with Crippen LogP contribution in [0.15, 0.2) is 24.3 Å². The number of nitrogens with zero attached hydrogens (tertiary/aromatic N) is 3. The minimum absolute atomic E-state index is 0.0563. The first-order valence-electron chi connectivity index (χ1n) is 10.0. The number of amides is 2. The summed E-state index contributed by atoms with van der Waals surface area (Å²) in [6.45, 7) is 2.27. The molecule has 148 valence electrons. The Hall–Kier alpha value is -2.83. The van der Waals surface area contributed by atoms with Gasteiger partial charge in [-0.05, 0) is 50.7 Å². The molecule has 1 saturated heterocycles. The highest BCUT2D eigenvalue weighted by Gasteiger charge is 2.30. The predicted molar refractivity (Wildman–Crippen MR) is 106 cm³/mol. The number of methoxy groups -OCH3 is 1. The molecule has 7 nitrogen and oxygen atoms in total. The molecular formula is C21H26N4O3. The number of hydrogen-bond acceptors (Lipinski definition) is 4. The van der Waals surface area contributed by atoms with Gasteiger partial charge in [0.25, 0.3) is 11.8 Å². The van der Waals surface area contributed by atoms with Crippen molar-refractivity contribution in [2.45, 2.75) is 45.1 Å². The lowest BCUT2D eigenvalue weighted by molar-refractivity contribution is 0.0705. The zero-order chi connectivity index (χ0) is 19.5. The Balaban J connectivity index is 1.64. The number of likely N-dealkylation sites (tertiary alicyclic amines) is 1. The van der Waals surface area contributed by atoms with Gasteiger partial charge in [0.05, 0.1) is 18.5 Å². The summed E-state index contributed by atoms with van der Waals surface area (Å²) >= 11 is 0. The van der Waals surface area contributed by atoms with Gasteiger partial charge in [0.1, 0.15) is 5.75 Å². The Morgan fingerprint density at radius 3 is 2.57 bits per heavy atom. The van der Waals surface area contributed by atoms with E-state index in [0.717, 1.165) is 63.9 Å². The van der Waals surface area contributed by atoms with Crippen LogP contribution in [-0.4, -0.2) is 46.5 Å². The van der Waals surface area contributed by atoms with Crippen LogP contribution in [0.3, 0.4) is 0 Å². The third kappa shape index (κ3) is 3.48. The first kappa shape index (κ1) is 18.5. The second kappa shape index (κ2) is 8.04. The van der Waals surface area contributed by atoms with Gasteiger partial charge in [-0.1, -0.05) is 12.1 Å². The molecule has 2 aliphatic rings. The molecule has 0 unspecified atom stereocenters. The molecule has 0 radical (unpaired) electrons. The number of para-hydroxylation sites is 2. The quantitative estimate of drug-likeness (QED) is 0.882. The van der Waals surface area contributed by atoms with Crippen molar-refractivity contribution in [1.82, 2.24) is 14.5 Å². The van der Waals surface area contributed by atoms with Crippen LogP contribution in [-0.2, 0) is 13.0 Å². The van der Waals surface area contributed by atoms with Crippen molar-refractivity contribution in [3.8, 4) is 5.75 Å². The molecule has 0 atom stereocenters. The molecule has 1 N–H and O–H groups in total. The van der Waals surface area contributed by atoms with E-state index in [1.54, 1.807) is 19.2 Å². The molecule has 4 rings (SSSR count). The number of imidazole rings is 1. The Morgan fingerprint density at radius 2 is 1.79 bits per heavy atom. The molecule has 28 heavy (non-hydrogen) atoms. The van der Waals surface area contributed by atoms with Crippen molar-refractivity contribution in [3.05, 3.63) is 41.5 Å². The maximum absolute atomic E-state index is 13.1. The van der Waals surface area contributed by atoms with E-state index < -0.39 is 0 Å². The number of fused-ring (bicyclic) bond motifs is 1. The van der Waals surface area contributed by atoms with Gasteiger partial charge in [-0.25, -0.2) is 4.98 Å².